The molecule has 5 rings (SSSR count). The minimum Gasteiger partial charge on any atom is -0.611 e. The molecule has 0 radical (unpaired) electrons. The van der Waals surface area contributed by atoms with Gasteiger partial charge in [-0.2, -0.15) is 18.4 Å². The summed E-state index contributed by atoms with van der Waals surface area (Å²) in [5, 5.41) is 14.4. The van der Waals surface area contributed by atoms with Gasteiger partial charge in [0.15, 0.2) is 4.90 Å². The first-order chi connectivity index (χ1) is 20.3. The van der Waals surface area contributed by atoms with E-state index in [0.717, 1.165) is 12.1 Å². The minimum atomic E-state index is -4.93. The normalized spacial score (nSPS) is 14.9. The highest BCUT2D eigenvalue weighted by atomic mass is 35.5. The fourth-order valence-corrected chi connectivity index (χ4v) is 6.02. The Morgan fingerprint density at radius 3 is 2.53 bits per heavy atom. The molecule has 0 bridgehead atoms. The van der Waals surface area contributed by atoms with Gasteiger partial charge in [0.1, 0.15) is 17.4 Å². The van der Waals surface area contributed by atoms with Crippen LogP contribution in [0.1, 0.15) is 54.6 Å². The average Bonchev–Trinajstić information content (AvgIpc) is 3.29. The molecule has 2 atom stereocenters. The largest absolute Gasteiger partial charge is 0.611 e. The van der Waals surface area contributed by atoms with Gasteiger partial charge >= 0.3 is 6.18 Å². The summed E-state index contributed by atoms with van der Waals surface area (Å²) in [4.78, 5) is 26.6. The number of nitriles is 1. The molecular weight excluding hydrogens is 613 g/mol. The number of carbonyl (C=O) groups is 2. The second kappa shape index (κ2) is 11.7. The second-order valence-corrected chi connectivity index (χ2v) is 11.3. The van der Waals surface area contributed by atoms with E-state index in [4.69, 9.17) is 16.9 Å². The molecule has 6 nitrogen and oxygen atoms in total. The molecule has 0 spiro atoms. The van der Waals surface area contributed by atoms with Gasteiger partial charge in [-0.15, -0.1) is 0 Å². The van der Waals surface area contributed by atoms with E-state index in [0.29, 0.717) is 17.0 Å². The summed E-state index contributed by atoms with van der Waals surface area (Å²) >= 11 is 4.58. The van der Waals surface area contributed by atoms with Crippen molar-refractivity contribution >= 4 is 40.3 Å². The first-order valence-corrected chi connectivity index (χ1v) is 14.0. The van der Waals surface area contributed by atoms with Crippen molar-refractivity contribution in [3.63, 3.8) is 0 Å². The molecule has 13 heteroatoms. The molecule has 4 aromatic carbocycles. The van der Waals surface area contributed by atoms with E-state index >= 15 is 0 Å². The number of carbonyl (C=O) groups excluding carboxylic acids is 2. The van der Waals surface area contributed by atoms with Gasteiger partial charge in [-0.1, -0.05) is 17.7 Å². The Hall–Kier alpha value is -4.44. The number of anilines is 1. The molecule has 1 aliphatic heterocycles. The number of fused-ring (bicyclic) bond motifs is 1. The zero-order valence-corrected chi connectivity index (χ0v) is 23.1. The van der Waals surface area contributed by atoms with Crippen LogP contribution in [0.25, 0.3) is 0 Å². The van der Waals surface area contributed by atoms with Crippen molar-refractivity contribution < 1.29 is 36.1 Å². The van der Waals surface area contributed by atoms with Crippen molar-refractivity contribution in [2.24, 2.45) is 0 Å². The van der Waals surface area contributed by atoms with Crippen molar-refractivity contribution in [2.75, 3.05) is 5.32 Å². The molecule has 2 N–H and O–H groups in total. The molecule has 0 saturated carbocycles. The Kier molecular flexibility index (Phi) is 8.16. The predicted molar refractivity (Wildman–Crippen MR) is 148 cm³/mol. The SMILES string of the molecule is N#Cc1cccc([S+]([O-])Cc2cc(NC(=O)c3cc(F)cc(C(F)(F)F)c3)c3c(c2)C(=O)NC3c2cc(F)ccc2Cl)c1. The minimum absolute atomic E-state index is 0.0103. The monoisotopic (exact) mass is 629 g/mol. The molecule has 43 heavy (non-hydrogen) atoms. The van der Waals surface area contributed by atoms with Crippen LogP contribution in [0.5, 0.6) is 0 Å². The first kappa shape index (κ1) is 30.0. The number of hydrogen-bond donors (Lipinski definition) is 2. The fraction of sp³-hybridized carbons (Fsp3) is 0.100. The van der Waals surface area contributed by atoms with E-state index in [1.165, 1.54) is 30.3 Å². The third-order valence-corrected chi connectivity index (χ3v) is 8.30. The first-order valence-electron chi connectivity index (χ1n) is 12.3. The number of benzene rings is 4. The summed E-state index contributed by atoms with van der Waals surface area (Å²) in [6.07, 6.45) is -4.93. The number of nitrogens with one attached hydrogen (secondary N) is 2. The zero-order valence-electron chi connectivity index (χ0n) is 21.6. The second-order valence-electron chi connectivity index (χ2n) is 9.49. The average molecular weight is 630 g/mol. The van der Waals surface area contributed by atoms with Crippen LogP contribution < -0.4 is 10.6 Å². The lowest BCUT2D eigenvalue weighted by atomic mass is 9.94. The summed E-state index contributed by atoms with van der Waals surface area (Å²) in [6.45, 7) is 0. The predicted octanol–water partition coefficient (Wildman–Crippen LogP) is 6.90. The van der Waals surface area contributed by atoms with Crippen molar-refractivity contribution in [3.05, 3.63) is 128 Å². The lowest BCUT2D eigenvalue weighted by molar-refractivity contribution is -0.137. The Morgan fingerprint density at radius 1 is 1.05 bits per heavy atom. The number of nitrogens with zero attached hydrogens (tertiary/aromatic N) is 1. The number of hydrogen-bond acceptors (Lipinski definition) is 4. The van der Waals surface area contributed by atoms with Gasteiger partial charge in [0.2, 0.25) is 0 Å². The summed E-state index contributed by atoms with van der Waals surface area (Å²) in [5.41, 5.74) is -1.29. The van der Waals surface area contributed by atoms with Gasteiger partial charge in [0, 0.05) is 44.6 Å². The van der Waals surface area contributed by atoms with Gasteiger partial charge < -0.3 is 15.2 Å². The molecule has 4 aromatic rings. The number of rotatable bonds is 6. The quantitative estimate of drug-likeness (QED) is 0.179. The molecule has 2 amide bonds. The highest BCUT2D eigenvalue weighted by Crippen LogP contribution is 2.41. The summed E-state index contributed by atoms with van der Waals surface area (Å²) in [5.74, 6) is -3.91. The van der Waals surface area contributed by atoms with Crippen LogP contribution in [0.2, 0.25) is 5.02 Å². The lowest BCUT2D eigenvalue weighted by Crippen LogP contribution is -2.21. The third kappa shape index (κ3) is 6.34. The van der Waals surface area contributed by atoms with Crippen LogP contribution in [-0.2, 0) is 23.1 Å². The summed E-state index contributed by atoms with van der Waals surface area (Å²) in [7, 11) is 0. The maximum atomic E-state index is 14.2. The van der Waals surface area contributed by atoms with Crippen molar-refractivity contribution in [1.29, 1.82) is 5.26 Å². The lowest BCUT2D eigenvalue weighted by Gasteiger charge is -2.19. The highest BCUT2D eigenvalue weighted by Gasteiger charge is 2.36. The summed E-state index contributed by atoms with van der Waals surface area (Å²) in [6, 6.07) is 14.5. The van der Waals surface area contributed by atoms with Crippen LogP contribution in [0.15, 0.2) is 77.7 Å². The van der Waals surface area contributed by atoms with Gasteiger partial charge in [-0.25, -0.2) is 8.78 Å². The maximum Gasteiger partial charge on any atom is 0.416 e. The van der Waals surface area contributed by atoms with Crippen molar-refractivity contribution in [1.82, 2.24) is 5.32 Å². The van der Waals surface area contributed by atoms with Gasteiger partial charge in [-0.05, 0) is 71.8 Å². The van der Waals surface area contributed by atoms with Gasteiger partial charge in [-0.3, -0.25) is 9.59 Å². The molecule has 2 unspecified atom stereocenters. The van der Waals surface area contributed by atoms with E-state index < -0.39 is 58.0 Å². The Labute approximate surface area is 249 Å². The number of alkyl halides is 3. The van der Waals surface area contributed by atoms with Crippen LogP contribution in [-0.4, -0.2) is 16.4 Å². The van der Waals surface area contributed by atoms with E-state index in [1.807, 2.05) is 6.07 Å². The molecule has 1 heterocycles. The Morgan fingerprint density at radius 2 is 1.81 bits per heavy atom. The standard InChI is InChI=1S/C30H17ClF5N3O3S/c31-24-5-4-19(32)12-22(24)27-26-23(29(41)39-27)7-16(14-43(42)21-3-1-2-15(6-21)13-37)8-25(26)38-28(40)17-9-18(30(34,35)36)11-20(33)10-17/h1-12,27H,14H2,(H,38,40)(H,39,41). The van der Waals surface area contributed by atoms with Crippen LogP contribution in [0, 0.1) is 23.0 Å². The van der Waals surface area contributed by atoms with Crippen molar-refractivity contribution in [3.8, 4) is 6.07 Å². The van der Waals surface area contributed by atoms with Crippen LogP contribution >= 0.6 is 11.6 Å². The molecule has 0 fully saturated rings. The van der Waals surface area contributed by atoms with E-state index in [1.54, 1.807) is 12.1 Å². The number of amides is 2. The van der Waals surface area contributed by atoms with Crippen LogP contribution in [0.4, 0.5) is 27.6 Å². The number of halogens is 6. The highest BCUT2D eigenvalue weighted by molar-refractivity contribution is 7.90. The Bertz CT molecular complexity index is 1830. The van der Waals surface area contributed by atoms with E-state index in [-0.39, 0.29) is 50.3 Å². The topological polar surface area (TPSA) is 105 Å². The van der Waals surface area contributed by atoms with Gasteiger partial charge in [0.25, 0.3) is 11.8 Å². The third-order valence-electron chi connectivity index (χ3n) is 6.58. The molecule has 0 aliphatic carbocycles. The maximum absolute atomic E-state index is 14.2. The Balaban J connectivity index is 1.60. The molecule has 0 saturated heterocycles. The fourth-order valence-electron chi connectivity index (χ4n) is 4.67. The zero-order chi connectivity index (χ0) is 31.1. The van der Waals surface area contributed by atoms with E-state index in [9.17, 15) is 36.1 Å². The van der Waals surface area contributed by atoms with Crippen LogP contribution in [0.3, 0.4) is 0 Å². The molecule has 0 aromatic heterocycles. The molecule has 218 valence electrons. The van der Waals surface area contributed by atoms with E-state index in [2.05, 4.69) is 10.6 Å². The molecule has 1 aliphatic rings. The van der Waals surface area contributed by atoms with Crippen molar-refractivity contribution in [2.45, 2.75) is 22.9 Å². The summed E-state index contributed by atoms with van der Waals surface area (Å²) < 4.78 is 81.3. The molecular formula is C30H17ClF5N3O3S. The smallest absolute Gasteiger partial charge is 0.416 e. The van der Waals surface area contributed by atoms with Gasteiger partial charge in [0.05, 0.1) is 23.2 Å².